The lowest BCUT2D eigenvalue weighted by Gasteiger charge is -2.14. The summed E-state index contributed by atoms with van der Waals surface area (Å²) in [5.41, 5.74) is 2.93. The molecule has 0 unspecified atom stereocenters. The molecular formula is C27H21Br2ClN2O5S. The molecule has 196 valence electrons. The summed E-state index contributed by atoms with van der Waals surface area (Å²) in [5, 5.41) is 2.95. The number of benzene rings is 3. The van der Waals surface area contributed by atoms with E-state index in [0.29, 0.717) is 37.2 Å². The monoisotopic (exact) mass is 678 g/mol. The fourth-order valence-electron chi connectivity index (χ4n) is 3.53. The minimum Gasteiger partial charge on any atom is -0.493 e. The van der Waals surface area contributed by atoms with Crippen LogP contribution in [0.5, 0.6) is 11.5 Å². The Labute approximate surface area is 245 Å². The maximum atomic E-state index is 13.0. The second-order valence-electron chi connectivity index (χ2n) is 8.23. The standard InChI is InChI=1S/C27H21Br2ClN2O5S/c1-15-3-8-19(12-21(15)30)31-24(33)14-37-25-20(29)9-17(10-22(25)36-2)11-23-26(34)32(27(35)38-23)13-16-4-6-18(28)7-5-16/h3-12H,13-14H2,1-2H3,(H,31,33)/b23-11-. The molecule has 38 heavy (non-hydrogen) atoms. The molecule has 0 saturated carbocycles. The van der Waals surface area contributed by atoms with Crippen LogP contribution in [0.3, 0.4) is 0 Å². The predicted molar refractivity (Wildman–Crippen MR) is 157 cm³/mol. The van der Waals surface area contributed by atoms with E-state index in [2.05, 4.69) is 37.2 Å². The highest BCUT2D eigenvalue weighted by atomic mass is 79.9. The summed E-state index contributed by atoms with van der Waals surface area (Å²) in [4.78, 5) is 39.4. The van der Waals surface area contributed by atoms with E-state index in [9.17, 15) is 14.4 Å². The van der Waals surface area contributed by atoms with Gasteiger partial charge in [-0.2, -0.15) is 0 Å². The number of thioether (sulfide) groups is 1. The van der Waals surface area contributed by atoms with Crippen molar-refractivity contribution in [3.8, 4) is 11.5 Å². The van der Waals surface area contributed by atoms with Crippen LogP contribution in [0, 0.1) is 6.92 Å². The molecule has 0 aromatic heterocycles. The van der Waals surface area contributed by atoms with Crippen molar-refractivity contribution in [2.24, 2.45) is 0 Å². The zero-order chi connectivity index (χ0) is 27.4. The van der Waals surface area contributed by atoms with Gasteiger partial charge in [-0.25, -0.2) is 0 Å². The van der Waals surface area contributed by atoms with E-state index < -0.39 is 0 Å². The number of methoxy groups -OCH3 is 1. The van der Waals surface area contributed by atoms with Crippen LogP contribution >= 0.6 is 55.2 Å². The fraction of sp³-hybridized carbons (Fsp3) is 0.148. The molecule has 3 aromatic carbocycles. The predicted octanol–water partition coefficient (Wildman–Crippen LogP) is 7.44. The van der Waals surface area contributed by atoms with Gasteiger partial charge in [0.2, 0.25) is 0 Å². The van der Waals surface area contributed by atoms with E-state index in [1.807, 2.05) is 37.3 Å². The molecule has 0 atom stereocenters. The van der Waals surface area contributed by atoms with Crippen LogP contribution in [-0.2, 0) is 16.1 Å². The first-order valence-corrected chi connectivity index (χ1v) is 14.0. The van der Waals surface area contributed by atoms with Crippen LogP contribution < -0.4 is 14.8 Å². The molecule has 1 aliphatic rings. The van der Waals surface area contributed by atoms with E-state index in [0.717, 1.165) is 27.4 Å². The van der Waals surface area contributed by atoms with Crippen molar-refractivity contribution < 1.29 is 23.9 Å². The number of nitrogens with one attached hydrogen (secondary N) is 1. The first-order valence-electron chi connectivity index (χ1n) is 11.2. The van der Waals surface area contributed by atoms with Gasteiger partial charge < -0.3 is 14.8 Å². The molecule has 11 heteroatoms. The number of hydrogen-bond acceptors (Lipinski definition) is 6. The Balaban J connectivity index is 1.45. The molecular weight excluding hydrogens is 660 g/mol. The van der Waals surface area contributed by atoms with Gasteiger partial charge in [-0.3, -0.25) is 19.3 Å². The molecule has 7 nitrogen and oxygen atoms in total. The van der Waals surface area contributed by atoms with Crippen molar-refractivity contribution in [2.75, 3.05) is 19.0 Å². The van der Waals surface area contributed by atoms with Gasteiger partial charge >= 0.3 is 0 Å². The molecule has 0 spiro atoms. The fourth-order valence-corrected chi connectivity index (χ4v) is 5.39. The molecule has 3 aromatic rings. The first kappa shape index (κ1) is 28.2. The third-order valence-corrected chi connectivity index (χ3v) is 7.91. The minimum absolute atomic E-state index is 0.186. The second-order valence-corrected chi connectivity index (χ2v) is 11.4. The van der Waals surface area contributed by atoms with Gasteiger partial charge in [-0.15, -0.1) is 0 Å². The Morgan fingerprint density at radius 3 is 2.53 bits per heavy atom. The van der Waals surface area contributed by atoms with Crippen LogP contribution in [0.4, 0.5) is 10.5 Å². The topological polar surface area (TPSA) is 84.9 Å². The van der Waals surface area contributed by atoms with Gasteiger partial charge in [-0.05, 0) is 93.8 Å². The van der Waals surface area contributed by atoms with Gasteiger partial charge in [0.25, 0.3) is 17.1 Å². The second kappa shape index (κ2) is 12.4. The number of amides is 3. The van der Waals surface area contributed by atoms with E-state index >= 15 is 0 Å². The number of rotatable bonds is 8. The maximum Gasteiger partial charge on any atom is 0.293 e. The summed E-state index contributed by atoms with van der Waals surface area (Å²) >= 11 is 13.8. The number of carbonyl (C=O) groups excluding carboxylic acids is 3. The molecule has 1 fully saturated rings. The third kappa shape index (κ3) is 6.79. The van der Waals surface area contributed by atoms with Gasteiger partial charge in [-0.1, -0.05) is 45.7 Å². The van der Waals surface area contributed by atoms with Crippen molar-refractivity contribution >= 4 is 84.0 Å². The van der Waals surface area contributed by atoms with Crippen molar-refractivity contribution in [3.63, 3.8) is 0 Å². The van der Waals surface area contributed by atoms with Gasteiger partial charge in [0, 0.05) is 15.2 Å². The van der Waals surface area contributed by atoms with E-state index in [1.165, 1.54) is 12.0 Å². The lowest BCUT2D eigenvalue weighted by Crippen LogP contribution is -2.27. The molecule has 1 saturated heterocycles. The van der Waals surface area contributed by atoms with Crippen molar-refractivity contribution in [1.82, 2.24) is 4.90 Å². The molecule has 0 radical (unpaired) electrons. The Morgan fingerprint density at radius 1 is 1.11 bits per heavy atom. The Bertz CT molecular complexity index is 1450. The van der Waals surface area contributed by atoms with Crippen molar-refractivity contribution in [2.45, 2.75) is 13.5 Å². The zero-order valence-electron chi connectivity index (χ0n) is 20.2. The van der Waals surface area contributed by atoms with Gasteiger partial charge in [0.15, 0.2) is 18.1 Å². The summed E-state index contributed by atoms with van der Waals surface area (Å²) in [6.07, 6.45) is 1.62. The lowest BCUT2D eigenvalue weighted by atomic mass is 10.1. The number of nitrogens with zero attached hydrogens (tertiary/aromatic N) is 1. The number of carbonyl (C=O) groups is 3. The highest BCUT2D eigenvalue weighted by Gasteiger charge is 2.35. The number of anilines is 1. The molecule has 4 rings (SSSR count). The lowest BCUT2D eigenvalue weighted by molar-refractivity contribution is -0.123. The smallest absolute Gasteiger partial charge is 0.293 e. The SMILES string of the molecule is COc1cc(/C=C2\SC(=O)N(Cc3ccc(Br)cc3)C2=O)cc(Br)c1OCC(=O)Nc1ccc(C)c(Cl)c1. The van der Waals surface area contributed by atoms with Crippen LogP contribution in [-0.4, -0.2) is 35.7 Å². The third-order valence-electron chi connectivity index (χ3n) is 5.48. The molecule has 1 aliphatic heterocycles. The number of imide groups is 1. The number of aryl methyl sites for hydroxylation is 1. The average molecular weight is 681 g/mol. The van der Waals surface area contributed by atoms with Crippen molar-refractivity contribution in [3.05, 3.63) is 90.2 Å². The highest BCUT2D eigenvalue weighted by molar-refractivity contribution is 9.10. The Morgan fingerprint density at radius 2 is 1.84 bits per heavy atom. The van der Waals surface area contributed by atoms with Gasteiger partial charge in [0.1, 0.15) is 0 Å². The summed E-state index contributed by atoms with van der Waals surface area (Å²) in [7, 11) is 1.47. The number of hydrogen-bond donors (Lipinski definition) is 1. The summed E-state index contributed by atoms with van der Waals surface area (Å²) in [6, 6.07) is 16.1. The van der Waals surface area contributed by atoms with Crippen molar-refractivity contribution in [1.29, 1.82) is 0 Å². The quantitative estimate of drug-likeness (QED) is 0.249. The van der Waals surface area contributed by atoms with E-state index in [-0.39, 0.29) is 30.2 Å². The Kier molecular flexibility index (Phi) is 9.19. The maximum absolute atomic E-state index is 13.0. The van der Waals surface area contributed by atoms with Crippen LogP contribution in [0.25, 0.3) is 6.08 Å². The highest BCUT2D eigenvalue weighted by Crippen LogP contribution is 2.39. The van der Waals surface area contributed by atoms with Crippen LogP contribution in [0.1, 0.15) is 16.7 Å². The van der Waals surface area contributed by atoms with E-state index in [1.54, 1.807) is 30.3 Å². The number of ether oxygens (including phenoxy) is 2. The molecule has 1 N–H and O–H groups in total. The largest absolute Gasteiger partial charge is 0.493 e. The summed E-state index contributed by atoms with van der Waals surface area (Å²) in [6.45, 7) is 1.79. The van der Waals surface area contributed by atoms with Crippen LogP contribution in [0.2, 0.25) is 5.02 Å². The molecule has 0 bridgehead atoms. The molecule has 0 aliphatic carbocycles. The minimum atomic E-state index is -0.373. The first-order chi connectivity index (χ1) is 18.1. The molecule has 3 amide bonds. The van der Waals surface area contributed by atoms with E-state index in [4.69, 9.17) is 21.1 Å². The zero-order valence-corrected chi connectivity index (χ0v) is 25.0. The van der Waals surface area contributed by atoms with Crippen LogP contribution in [0.15, 0.2) is 68.4 Å². The Hall–Kier alpha value is -2.79. The average Bonchev–Trinajstić information content (AvgIpc) is 3.13. The number of halogens is 3. The summed E-state index contributed by atoms with van der Waals surface area (Å²) in [5.74, 6) is -0.0652. The summed E-state index contributed by atoms with van der Waals surface area (Å²) < 4.78 is 12.6. The normalized spacial score (nSPS) is 14.2. The molecule has 1 heterocycles. The van der Waals surface area contributed by atoms with Gasteiger partial charge in [0.05, 0.1) is 23.0 Å².